The maximum Gasteiger partial charge on any atom is 0.450 e. The van der Waals surface area contributed by atoms with Gasteiger partial charge in [0.2, 0.25) is 5.78 Å². The Balaban J connectivity index is 2.25. The van der Waals surface area contributed by atoms with Crippen LogP contribution in [0.2, 0.25) is 0 Å². The molecule has 0 N–H and O–H groups in total. The van der Waals surface area contributed by atoms with E-state index in [1.165, 1.54) is 12.1 Å². The van der Waals surface area contributed by atoms with Crippen LogP contribution in [0.3, 0.4) is 0 Å². The van der Waals surface area contributed by atoms with Gasteiger partial charge in [0.15, 0.2) is 17.3 Å². The van der Waals surface area contributed by atoms with Crippen molar-refractivity contribution in [1.29, 1.82) is 0 Å². The fourth-order valence-corrected chi connectivity index (χ4v) is 2.28. The number of Topliss-reactive ketones (excluding diaryl/α,β-unsaturated/α-hetero) is 2. The molecule has 0 bridgehead atoms. The first-order valence-electron chi connectivity index (χ1n) is 6.01. The molecule has 4 nitrogen and oxygen atoms in total. The highest BCUT2D eigenvalue weighted by Gasteiger charge is 2.39. The van der Waals surface area contributed by atoms with E-state index in [0.717, 1.165) is 0 Å². The van der Waals surface area contributed by atoms with E-state index >= 15 is 0 Å². The fraction of sp³-hybridized carbons (Fsp3) is 0.385. The Morgan fingerprint density at radius 1 is 1.14 bits per heavy atom. The summed E-state index contributed by atoms with van der Waals surface area (Å²) in [7, 11) is 0. The quantitative estimate of drug-likeness (QED) is 0.608. The van der Waals surface area contributed by atoms with Gasteiger partial charge >= 0.3 is 6.18 Å². The van der Waals surface area contributed by atoms with Crippen LogP contribution in [0.15, 0.2) is 16.6 Å². The van der Waals surface area contributed by atoms with Gasteiger partial charge in [-0.2, -0.15) is 13.2 Å². The molecule has 0 spiro atoms. The van der Waals surface area contributed by atoms with Crippen LogP contribution in [-0.4, -0.2) is 31.0 Å². The summed E-state index contributed by atoms with van der Waals surface area (Å²) in [6.45, 7) is 0.822. The summed E-state index contributed by atoms with van der Waals surface area (Å²) in [5.74, 6) is -2.33. The first-order valence-corrected chi connectivity index (χ1v) is 6.80. The summed E-state index contributed by atoms with van der Waals surface area (Å²) in [6, 6.07) is 2.74. The number of halogens is 4. The molecule has 1 aromatic rings. The third-order valence-electron chi connectivity index (χ3n) is 2.77. The topological polar surface area (TPSA) is 52.6 Å². The number of ketones is 2. The van der Waals surface area contributed by atoms with E-state index < -0.39 is 24.2 Å². The monoisotopic (exact) mass is 366 g/mol. The SMILES string of the molecule is O=C(CC(=O)C(F)(F)F)c1cc2c(cc1Br)OCCCO2. The minimum absolute atomic E-state index is 0.0446. The molecule has 1 aliphatic rings. The molecule has 0 fully saturated rings. The molecule has 114 valence electrons. The number of hydrogen-bond acceptors (Lipinski definition) is 4. The van der Waals surface area contributed by atoms with Crippen LogP contribution in [0.1, 0.15) is 23.2 Å². The minimum Gasteiger partial charge on any atom is -0.490 e. The molecule has 0 aliphatic carbocycles. The fourth-order valence-electron chi connectivity index (χ4n) is 1.74. The van der Waals surface area contributed by atoms with E-state index in [4.69, 9.17) is 9.47 Å². The number of ether oxygens (including phenoxy) is 2. The number of rotatable bonds is 3. The van der Waals surface area contributed by atoms with Gasteiger partial charge in [-0.3, -0.25) is 9.59 Å². The van der Waals surface area contributed by atoms with Crippen LogP contribution in [-0.2, 0) is 4.79 Å². The normalized spacial score (nSPS) is 14.5. The molecule has 1 aromatic carbocycles. The van der Waals surface area contributed by atoms with Crippen LogP contribution in [0.5, 0.6) is 11.5 Å². The Bertz CT molecular complexity index is 584. The summed E-state index contributed by atoms with van der Waals surface area (Å²) in [5.41, 5.74) is -0.0446. The second-order valence-corrected chi connectivity index (χ2v) is 5.20. The third-order valence-corrected chi connectivity index (χ3v) is 3.43. The standard InChI is InChI=1S/C13H10BrF3O4/c14-8-5-11-10(20-2-1-3-21-11)4-7(8)9(18)6-12(19)13(15,16)17/h4-5H,1-3,6H2. The Kier molecular flexibility index (Phi) is 4.55. The summed E-state index contributed by atoms with van der Waals surface area (Å²) < 4.78 is 47.6. The second kappa shape index (κ2) is 6.05. The van der Waals surface area contributed by atoms with E-state index in [0.29, 0.717) is 25.4 Å². The van der Waals surface area contributed by atoms with Crippen molar-refractivity contribution in [2.24, 2.45) is 0 Å². The molecule has 0 amide bonds. The van der Waals surface area contributed by atoms with E-state index in [1.807, 2.05) is 0 Å². The Hall–Kier alpha value is -1.57. The smallest absolute Gasteiger partial charge is 0.450 e. The zero-order chi connectivity index (χ0) is 15.6. The van der Waals surface area contributed by atoms with Gasteiger partial charge in [-0.1, -0.05) is 0 Å². The zero-order valence-electron chi connectivity index (χ0n) is 10.6. The Labute approximate surface area is 126 Å². The predicted octanol–water partition coefficient (Wildman–Crippen LogP) is 3.31. The summed E-state index contributed by atoms with van der Waals surface area (Å²) in [5, 5.41) is 0. The van der Waals surface area contributed by atoms with Crippen LogP contribution in [0.4, 0.5) is 13.2 Å². The lowest BCUT2D eigenvalue weighted by Crippen LogP contribution is -2.25. The van der Waals surface area contributed by atoms with Gasteiger partial charge in [-0.25, -0.2) is 0 Å². The Morgan fingerprint density at radius 2 is 1.71 bits per heavy atom. The lowest BCUT2D eigenvalue weighted by Gasteiger charge is -2.11. The number of fused-ring (bicyclic) bond motifs is 1. The summed E-state index contributed by atoms with van der Waals surface area (Å²) in [6.07, 6.45) is -5.60. The molecule has 0 saturated carbocycles. The first-order chi connectivity index (χ1) is 9.79. The van der Waals surface area contributed by atoms with Crippen LogP contribution in [0.25, 0.3) is 0 Å². The van der Waals surface area contributed by atoms with Crippen LogP contribution < -0.4 is 9.47 Å². The number of alkyl halides is 3. The van der Waals surface area contributed by atoms with E-state index in [-0.39, 0.29) is 15.8 Å². The molecule has 0 atom stereocenters. The van der Waals surface area contributed by atoms with Gasteiger partial charge in [0.05, 0.1) is 19.6 Å². The predicted molar refractivity (Wildman–Crippen MR) is 69.8 cm³/mol. The number of benzene rings is 1. The molecule has 21 heavy (non-hydrogen) atoms. The van der Waals surface area contributed by atoms with Crippen LogP contribution in [0, 0.1) is 0 Å². The first kappa shape index (κ1) is 15.8. The van der Waals surface area contributed by atoms with Gasteiger partial charge < -0.3 is 9.47 Å². The molecular weight excluding hydrogens is 357 g/mol. The molecule has 1 heterocycles. The molecule has 1 aliphatic heterocycles. The van der Waals surface area contributed by atoms with Crippen molar-refractivity contribution >= 4 is 27.5 Å². The van der Waals surface area contributed by atoms with Crippen molar-refractivity contribution < 1.29 is 32.2 Å². The highest BCUT2D eigenvalue weighted by atomic mass is 79.9. The molecule has 0 radical (unpaired) electrons. The second-order valence-electron chi connectivity index (χ2n) is 4.35. The molecule has 8 heteroatoms. The van der Waals surface area contributed by atoms with Crippen molar-refractivity contribution in [3.63, 3.8) is 0 Å². The molecular formula is C13H10BrF3O4. The van der Waals surface area contributed by atoms with Gasteiger partial charge in [-0.05, 0) is 28.1 Å². The number of hydrogen-bond donors (Lipinski definition) is 0. The lowest BCUT2D eigenvalue weighted by molar-refractivity contribution is -0.170. The third kappa shape index (κ3) is 3.75. The average Bonchev–Trinajstić information content (AvgIpc) is 2.61. The van der Waals surface area contributed by atoms with Gasteiger partial charge in [0.1, 0.15) is 0 Å². The molecule has 0 aromatic heterocycles. The minimum atomic E-state index is -5.02. The number of carbonyl (C=O) groups excluding carboxylic acids is 2. The largest absolute Gasteiger partial charge is 0.490 e. The van der Waals surface area contributed by atoms with Crippen molar-refractivity contribution in [3.8, 4) is 11.5 Å². The number of carbonyl (C=O) groups is 2. The zero-order valence-corrected chi connectivity index (χ0v) is 12.2. The summed E-state index contributed by atoms with van der Waals surface area (Å²) in [4.78, 5) is 22.7. The van der Waals surface area contributed by atoms with Crippen LogP contribution >= 0.6 is 15.9 Å². The van der Waals surface area contributed by atoms with Gasteiger partial charge in [0.25, 0.3) is 0 Å². The van der Waals surface area contributed by atoms with E-state index in [9.17, 15) is 22.8 Å². The molecule has 0 unspecified atom stereocenters. The van der Waals surface area contributed by atoms with Gasteiger partial charge in [-0.15, -0.1) is 0 Å². The highest BCUT2D eigenvalue weighted by molar-refractivity contribution is 9.10. The highest BCUT2D eigenvalue weighted by Crippen LogP contribution is 2.36. The van der Waals surface area contributed by atoms with Crippen molar-refractivity contribution in [3.05, 3.63) is 22.2 Å². The summed E-state index contributed by atoms with van der Waals surface area (Å²) >= 11 is 3.09. The van der Waals surface area contributed by atoms with Crippen molar-refractivity contribution in [2.45, 2.75) is 19.0 Å². The maximum absolute atomic E-state index is 12.2. The molecule has 2 rings (SSSR count). The lowest BCUT2D eigenvalue weighted by atomic mass is 10.1. The van der Waals surface area contributed by atoms with E-state index in [1.54, 1.807) is 0 Å². The van der Waals surface area contributed by atoms with Crippen molar-refractivity contribution in [2.75, 3.05) is 13.2 Å². The maximum atomic E-state index is 12.2. The molecule has 0 saturated heterocycles. The van der Waals surface area contributed by atoms with Crippen molar-refractivity contribution in [1.82, 2.24) is 0 Å². The average molecular weight is 367 g/mol. The Morgan fingerprint density at radius 3 is 2.29 bits per heavy atom. The van der Waals surface area contributed by atoms with Gasteiger partial charge in [0, 0.05) is 16.5 Å². The van der Waals surface area contributed by atoms with E-state index in [2.05, 4.69) is 15.9 Å².